The van der Waals surface area contributed by atoms with Gasteiger partial charge in [-0.15, -0.1) is 12.4 Å². The van der Waals surface area contributed by atoms with Crippen LogP contribution in [0.3, 0.4) is 0 Å². The molecule has 18 heavy (non-hydrogen) atoms. The first kappa shape index (κ1) is 16.9. The standard InChI is InChI=1S/C14H22N2O.ClH/c1-10-5-7-13(8-6-10)12(3)16(4)14(17)11(2)9-15;/h5-8,11-12H,9,15H2,1-4H3;1H. The van der Waals surface area contributed by atoms with Crippen LogP contribution in [0.5, 0.6) is 0 Å². The number of hydrogen-bond donors (Lipinski definition) is 1. The second-order valence-corrected chi connectivity index (χ2v) is 4.67. The topological polar surface area (TPSA) is 46.3 Å². The predicted octanol–water partition coefficient (Wildman–Crippen LogP) is 2.53. The van der Waals surface area contributed by atoms with Crippen molar-refractivity contribution in [1.29, 1.82) is 0 Å². The normalized spacial score (nSPS) is 13.4. The minimum absolute atomic E-state index is 0. The monoisotopic (exact) mass is 270 g/mol. The summed E-state index contributed by atoms with van der Waals surface area (Å²) in [6.07, 6.45) is 0. The zero-order valence-electron chi connectivity index (χ0n) is 11.5. The van der Waals surface area contributed by atoms with Crippen molar-refractivity contribution in [2.75, 3.05) is 13.6 Å². The van der Waals surface area contributed by atoms with Gasteiger partial charge in [0.1, 0.15) is 0 Å². The van der Waals surface area contributed by atoms with Gasteiger partial charge in [0.05, 0.1) is 6.04 Å². The first-order chi connectivity index (χ1) is 7.97. The van der Waals surface area contributed by atoms with Crippen molar-refractivity contribution >= 4 is 18.3 Å². The molecule has 102 valence electrons. The van der Waals surface area contributed by atoms with Crippen LogP contribution in [0.4, 0.5) is 0 Å². The summed E-state index contributed by atoms with van der Waals surface area (Å²) in [7, 11) is 1.83. The summed E-state index contributed by atoms with van der Waals surface area (Å²) in [6.45, 7) is 6.34. The van der Waals surface area contributed by atoms with Gasteiger partial charge in [-0.2, -0.15) is 0 Å². The van der Waals surface area contributed by atoms with Crippen LogP contribution in [0.1, 0.15) is 31.0 Å². The van der Waals surface area contributed by atoms with Gasteiger partial charge in [0.2, 0.25) is 5.91 Å². The summed E-state index contributed by atoms with van der Waals surface area (Å²) in [6, 6.07) is 8.35. The zero-order chi connectivity index (χ0) is 13.0. The molecule has 1 aromatic carbocycles. The van der Waals surface area contributed by atoms with E-state index in [4.69, 9.17) is 5.73 Å². The molecule has 3 nitrogen and oxygen atoms in total. The molecule has 0 aliphatic heterocycles. The number of nitrogens with two attached hydrogens (primary N) is 1. The van der Waals surface area contributed by atoms with Gasteiger partial charge in [-0.1, -0.05) is 36.8 Å². The fourth-order valence-corrected chi connectivity index (χ4v) is 1.71. The molecule has 0 aromatic heterocycles. The lowest BCUT2D eigenvalue weighted by Crippen LogP contribution is -2.36. The highest BCUT2D eigenvalue weighted by atomic mass is 35.5. The maximum Gasteiger partial charge on any atom is 0.226 e. The number of aryl methyl sites for hydroxylation is 1. The molecular weight excluding hydrogens is 248 g/mol. The SMILES string of the molecule is Cc1ccc(C(C)N(C)C(=O)C(C)CN)cc1.Cl. The van der Waals surface area contributed by atoms with Crippen molar-refractivity contribution < 1.29 is 4.79 Å². The van der Waals surface area contributed by atoms with Gasteiger partial charge < -0.3 is 10.6 Å². The van der Waals surface area contributed by atoms with Crippen LogP contribution in [0.2, 0.25) is 0 Å². The number of carbonyl (C=O) groups is 1. The van der Waals surface area contributed by atoms with E-state index < -0.39 is 0 Å². The number of benzene rings is 1. The van der Waals surface area contributed by atoms with E-state index in [9.17, 15) is 4.79 Å². The van der Waals surface area contributed by atoms with Crippen LogP contribution in [0, 0.1) is 12.8 Å². The summed E-state index contributed by atoms with van der Waals surface area (Å²) >= 11 is 0. The Labute approximate surface area is 116 Å². The first-order valence-corrected chi connectivity index (χ1v) is 6.00. The van der Waals surface area contributed by atoms with Crippen molar-refractivity contribution in [2.24, 2.45) is 11.7 Å². The molecule has 2 N–H and O–H groups in total. The average molecular weight is 271 g/mol. The van der Waals surface area contributed by atoms with E-state index in [1.165, 1.54) is 5.56 Å². The van der Waals surface area contributed by atoms with E-state index in [2.05, 4.69) is 31.2 Å². The highest BCUT2D eigenvalue weighted by molar-refractivity contribution is 5.85. The van der Waals surface area contributed by atoms with Gasteiger partial charge in [-0.3, -0.25) is 4.79 Å². The molecule has 1 aromatic rings. The molecule has 2 unspecified atom stereocenters. The largest absolute Gasteiger partial charge is 0.339 e. The maximum absolute atomic E-state index is 12.0. The lowest BCUT2D eigenvalue weighted by Gasteiger charge is -2.27. The van der Waals surface area contributed by atoms with Crippen molar-refractivity contribution in [1.82, 2.24) is 4.90 Å². The molecule has 4 heteroatoms. The van der Waals surface area contributed by atoms with Gasteiger partial charge in [-0.05, 0) is 19.4 Å². The van der Waals surface area contributed by atoms with E-state index in [1.54, 1.807) is 4.90 Å². The van der Waals surface area contributed by atoms with Gasteiger partial charge in [0, 0.05) is 19.5 Å². The number of halogens is 1. The molecule has 0 saturated heterocycles. The molecule has 0 aliphatic carbocycles. The van der Waals surface area contributed by atoms with Crippen LogP contribution < -0.4 is 5.73 Å². The minimum atomic E-state index is -0.118. The van der Waals surface area contributed by atoms with Crippen molar-refractivity contribution in [2.45, 2.75) is 26.8 Å². The Bertz CT molecular complexity index is 378. The predicted molar refractivity (Wildman–Crippen MR) is 77.8 cm³/mol. The highest BCUT2D eigenvalue weighted by Gasteiger charge is 2.21. The first-order valence-electron chi connectivity index (χ1n) is 6.00. The molecule has 0 aliphatic rings. The molecule has 0 spiro atoms. The van der Waals surface area contributed by atoms with Gasteiger partial charge in [0.25, 0.3) is 0 Å². The molecule has 2 atom stereocenters. The van der Waals surface area contributed by atoms with Crippen LogP contribution >= 0.6 is 12.4 Å². The van der Waals surface area contributed by atoms with Crippen molar-refractivity contribution in [3.8, 4) is 0 Å². The average Bonchev–Trinajstić information content (AvgIpc) is 2.36. The Hall–Kier alpha value is -1.06. The fourth-order valence-electron chi connectivity index (χ4n) is 1.71. The minimum Gasteiger partial charge on any atom is -0.339 e. The molecule has 0 fully saturated rings. The fraction of sp³-hybridized carbons (Fsp3) is 0.500. The van der Waals surface area contributed by atoms with Crippen LogP contribution in [0.25, 0.3) is 0 Å². The van der Waals surface area contributed by atoms with E-state index in [0.717, 1.165) is 5.56 Å². The number of carbonyl (C=O) groups excluding carboxylic acids is 1. The maximum atomic E-state index is 12.0. The Morgan fingerprint density at radius 2 is 1.78 bits per heavy atom. The summed E-state index contributed by atoms with van der Waals surface area (Å²) in [5, 5.41) is 0. The van der Waals surface area contributed by atoms with E-state index in [1.807, 2.05) is 20.9 Å². The highest BCUT2D eigenvalue weighted by Crippen LogP contribution is 2.20. The number of rotatable bonds is 4. The molecule has 0 heterocycles. The molecular formula is C14H23ClN2O. The third-order valence-electron chi connectivity index (χ3n) is 3.26. The summed E-state index contributed by atoms with van der Waals surface area (Å²) < 4.78 is 0. The third kappa shape index (κ3) is 4.00. The van der Waals surface area contributed by atoms with Crippen LogP contribution in [-0.4, -0.2) is 24.4 Å². The Balaban J connectivity index is 0.00000289. The van der Waals surface area contributed by atoms with Gasteiger partial charge in [-0.25, -0.2) is 0 Å². The lowest BCUT2D eigenvalue weighted by atomic mass is 10.0. The molecule has 0 saturated carbocycles. The molecule has 1 amide bonds. The zero-order valence-corrected chi connectivity index (χ0v) is 12.3. The Kier molecular flexibility index (Phi) is 6.96. The summed E-state index contributed by atoms with van der Waals surface area (Å²) in [5.74, 6) is -0.0199. The second kappa shape index (κ2) is 7.39. The lowest BCUT2D eigenvalue weighted by molar-refractivity contribution is -0.135. The quantitative estimate of drug-likeness (QED) is 0.914. The Morgan fingerprint density at radius 3 is 2.22 bits per heavy atom. The van der Waals surface area contributed by atoms with Crippen molar-refractivity contribution in [3.05, 3.63) is 35.4 Å². The second-order valence-electron chi connectivity index (χ2n) is 4.67. The van der Waals surface area contributed by atoms with E-state index in [-0.39, 0.29) is 30.3 Å². The Morgan fingerprint density at radius 1 is 1.28 bits per heavy atom. The van der Waals surface area contributed by atoms with E-state index in [0.29, 0.717) is 6.54 Å². The van der Waals surface area contributed by atoms with Crippen LogP contribution in [-0.2, 0) is 4.79 Å². The van der Waals surface area contributed by atoms with Gasteiger partial charge >= 0.3 is 0 Å². The number of amides is 1. The number of nitrogens with zero attached hydrogens (tertiary/aromatic N) is 1. The summed E-state index contributed by atoms with van der Waals surface area (Å²) in [4.78, 5) is 13.8. The smallest absolute Gasteiger partial charge is 0.226 e. The van der Waals surface area contributed by atoms with Crippen LogP contribution in [0.15, 0.2) is 24.3 Å². The molecule has 0 radical (unpaired) electrons. The molecule has 1 rings (SSSR count). The number of hydrogen-bond acceptors (Lipinski definition) is 2. The van der Waals surface area contributed by atoms with Crippen molar-refractivity contribution in [3.63, 3.8) is 0 Å². The summed E-state index contributed by atoms with van der Waals surface area (Å²) in [5.41, 5.74) is 7.90. The third-order valence-corrected chi connectivity index (χ3v) is 3.26. The molecule has 0 bridgehead atoms. The van der Waals surface area contributed by atoms with E-state index >= 15 is 0 Å². The van der Waals surface area contributed by atoms with Gasteiger partial charge in [0.15, 0.2) is 0 Å².